The van der Waals surface area contributed by atoms with Gasteiger partial charge in [-0.3, -0.25) is 10.1 Å². The highest BCUT2D eigenvalue weighted by Gasteiger charge is 2.18. The van der Waals surface area contributed by atoms with Crippen LogP contribution in [0.3, 0.4) is 0 Å². The van der Waals surface area contributed by atoms with Gasteiger partial charge in [0.25, 0.3) is 5.91 Å². The second-order valence-electron chi connectivity index (χ2n) is 6.73. The molecule has 0 bridgehead atoms. The lowest BCUT2D eigenvalue weighted by atomic mass is 10.1. The number of benzene rings is 2. The highest BCUT2D eigenvalue weighted by Crippen LogP contribution is 2.33. The Kier molecular flexibility index (Phi) is 6.84. The van der Waals surface area contributed by atoms with Crippen molar-refractivity contribution in [3.05, 3.63) is 51.9 Å². The van der Waals surface area contributed by atoms with Gasteiger partial charge in [0.15, 0.2) is 22.7 Å². The summed E-state index contributed by atoms with van der Waals surface area (Å²) in [6.45, 7) is 5.49. The van der Waals surface area contributed by atoms with E-state index in [0.29, 0.717) is 27.4 Å². The Morgan fingerprint density at radius 3 is 2.40 bits per heavy atom. The number of methoxy groups -OCH3 is 2. The van der Waals surface area contributed by atoms with Crippen LogP contribution in [0, 0.1) is 13.8 Å². The van der Waals surface area contributed by atoms with Crippen molar-refractivity contribution in [1.82, 2.24) is 4.98 Å². The first-order chi connectivity index (χ1) is 14.3. The molecule has 0 saturated heterocycles. The SMILES string of the molecule is COc1ccc(-c2csc(NC(=O)C(C)Oc3cc(C)c(Cl)c(C)c3)n2)cc1OC. The van der Waals surface area contributed by atoms with E-state index in [0.717, 1.165) is 22.4 Å². The maximum atomic E-state index is 12.6. The van der Waals surface area contributed by atoms with Gasteiger partial charge in [0.1, 0.15) is 5.75 Å². The maximum Gasteiger partial charge on any atom is 0.266 e. The van der Waals surface area contributed by atoms with Crippen LogP contribution in [-0.4, -0.2) is 31.2 Å². The van der Waals surface area contributed by atoms with Crippen LogP contribution in [0.5, 0.6) is 17.2 Å². The van der Waals surface area contributed by atoms with Crippen molar-refractivity contribution in [2.75, 3.05) is 19.5 Å². The van der Waals surface area contributed by atoms with Crippen molar-refractivity contribution in [3.8, 4) is 28.5 Å². The lowest BCUT2D eigenvalue weighted by Crippen LogP contribution is -2.30. The number of hydrogen-bond donors (Lipinski definition) is 1. The van der Waals surface area contributed by atoms with Crippen LogP contribution in [0.4, 0.5) is 5.13 Å². The summed E-state index contributed by atoms with van der Waals surface area (Å²) in [6, 6.07) is 9.18. The Bertz CT molecular complexity index is 1040. The standard InChI is InChI=1S/C22H23ClN2O4S/c1-12-8-16(9-13(2)20(12)23)29-14(3)21(26)25-22-24-17(11-30-22)15-6-7-18(27-4)19(10-15)28-5/h6-11,14H,1-5H3,(H,24,25,26). The van der Waals surface area contributed by atoms with Crippen LogP contribution in [0.15, 0.2) is 35.7 Å². The van der Waals surface area contributed by atoms with Gasteiger partial charge in [-0.05, 0) is 62.2 Å². The van der Waals surface area contributed by atoms with E-state index in [2.05, 4.69) is 10.3 Å². The molecule has 30 heavy (non-hydrogen) atoms. The lowest BCUT2D eigenvalue weighted by Gasteiger charge is -2.15. The molecule has 0 spiro atoms. The van der Waals surface area contributed by atoms with Crippen LogP contribution in [-0.2, 0) is 4.79 Å². The van der Waals surface area contributed by atoms with Crippen molar-refractivity contribution in [3.63, 3.8) is 0 Å². The number of anilines is 1. The third-order valence-corrected chi connectivity index (χ3v) is 5.86. The number of ether oxygens (including phenoxy) is 3. The predicted molar refractivity (Wildman–Crippen MR) is 120 cm³/mol. The minimum absolute atomic E-state index is 0.284. The predicted octanol–water partition coefficient (Wildman–Crippen LogP) is 5.50. The van der Waals surface area contributed by atoms with E-state index >= 15 is 0 Å². The number of hydrogen-bond acceptors (Lipinski definition) is 6. The summed E-state index contributed by atoms with van der Waals surface area (Å²) in [4.78, 5) is 17.0. The van der Waals surface area contributed by atoms with Gasteiger partial charge >= 0.3 is 0 Å². The molecule has 0 aliphatic carbocycles. The first-order valence-electron chi connectivity index (χ1n) is 9.24. The van der Waals surface area contributed by atoms with Crippen LogP contribution >= 0.6 is 22.9 Å². The van der Waals surface area contributed by atoms with E-state index in [4.69, 9.17) is 25.8 Å². The summed E-state index contributed by atoms with van der Waals surface area (Å²) < 4.78 is 16.4. The van der Waals surface area contributed by atoms with Crippen molar-refractivity contribution in [1.29, 1.82) is 0 Å². The summed E-state index contributed by atoms with van der Waals surface area (Å²) >= 11 is 7.53. The highest BCUT2D eigenvalue weighted by molar-refractivity contribution is 7.14. The van der Waals surface area contributed by atoms with E-state index < -0.39 is 6.10 Å². The monoisotopic (exact) mass is 446 g/mol. The molecule has 1 unspecified atom stereocenters. The normalized spacial score (nSPS) is 11.7. The molecule has 3 aromatic rings. The number of rotatable bonds is 7. The molecule has 1 aromatic heterocycles. The number of nitrogens with zero attached hydrogens (tertiary/aromatic N) is 1. The summed E-state index contributed by atoms with van der Waals surface area (Å²) in [5, 5.41) is 5.86. The molecular formula is C22H23ClN2O4S. The molecule has 0 radical (unpaired) electrons. The molecule has 3 rings (SSSR count). The Labute approximate surface area is 184 Å². The minimum Gasteiger partial charge on any atom is -0.493 e. The van der Waals surface area contributed by atoms with Crippen molar-refractivity contribution < 1.29 is 19.0 Å². The second-order valence-corrected chi connectivity index (χ2v) is 7.96. The number of carbonyl (C=O) groups is 1. The second kappa shape index (κ2) is 9.36. The molecule has 1 N–H and O–H groups in total. The van der Waals surface area contributed by atoms with Gasteiger partial charge in [-0.1, -0.05) is 11.6 Å². The zero-order chi connectivity index (χ0) is 21.8. The van der Waals surface area contributed by atoms with Crippen LogP contribution in [0.25, 0.3) is 11.3 Å². The fourth-order valence-electron chi connectivity index (χ4n) is 2.90. The highest BCUT2D eigenvalue weighted by atomic mass is 35.5. The zero-order valence-corrected chi connectivity index (χ0v) is 19.0. The first-order valence-corrected chi connectivity index (χ1v) is 10.5. The van der Waals surface area contributed by atoms with Gasteiger partial charge in [0, 0.05) is 16.0 Å². The van der Waals surface area contributed by atoms with Gasteiger partial charge in [-0.25, -0.2) is 4.98 Å². The Morgan fingerprint density at radius 1 is 1.10 bits per heavy atom. The molecular weight excluding hydrogens is 424 g/mol. The third-order valence-electron chi connectivity index (χ3n) is 4.51. The molecule has 0 saturated carbocycles. The summed E-state index contributed by atoms with van der Waals surface area (Å²) in [7, 11) is 3.17. The number of nitrogens with one attached hydrogen (secondary N) is 1. The largest absolute Gasteiger partial charge is 0.493 e. The van der Waals surface area contributed by atoms with E-state index in [1.54, 1.807) is 21.1 Å². The Morgan fingerprint density at radius 2 is 1.77 bits per heavy atom. The molecule has 158 valence electrons. The summed E-state index contributed by atoms with van der Waals surface area (Å²) in [5.74, 6) is 1.57. The van der Waals surface area contributed by atoms with E-state index in [9.17, 15) is 4.79 Å². The van der Waals surface area contributed by atoms with E-state index in [-0.39, 0.29) is 5.91 Å². The van der Waals surface area contributed by atoms with Crippen molar-refractivity contribution in [2.45, 2.75) is 26.9 Å². The Balaban J connectivity index is 1.69. The van der Waals surface area contributed by atoms with Crippen LogP contribution < -0.4 is 19.5 Å². The number of halogens is 1. The van der Waals surface area contributed by atoms with Crippen molar-refractivity contribution in [2.24, 2.45) is 0 Å². The zero-order valence-electron chi connectivity index (χ0n) is 17.4. The number of aromatic nitrogens is 1. The molecule has 1 atom stereocenters. The van der Waals surface area contributed by atoms with Gasteiger partial charge < -0.3 is 14.2 Å². The number of carbonyl (C=O) groups excluding carboxylic acids is 1. The fourth-order valence-corrected chi connectivity index (χ4v) is 3.73. The van der Waals surface area contributed by atoms with E-state index in [1.807, 2.05) is 49.6 Å². The van der Waals surface area contributed by atoms with E-state index in [1.165, 1.54) is 11.3 Å². The quantitative estimate of drug-likeness (QED) is 0.518. The topological polar surface area (TPSA) is 69.7 Å². The van der Waals surface area contributed by atoms with Gasteiger partial charge in [-0.2, -0.15) is 0 Å². The molecule has 0 aliphatic rings. The van der Waals surface area contributed by atoms with Crippen molar-refractivity contribution >= 4 is 34.0 Å². The molecule has 1 amide bonds. The smallest absolute Gasteiger partial charge is 0.266 e. The summed E-state index contributed by atoms with van der Waals surface area (Å²) in [6.07, 6.45) is -0.696. The minimum atomic E-state index is -0.696. The number of thiazole rings is 1. The molecule has 0 aliphatic heterocycles. The fraction of sp³-hybridized carbons (Fsp3) is 0.273. The summed E-state index contributed by atoms with van der Waals surface area (Å²) in [5.41, 5.74) is 3.40. The maximum absolute atomic E-state index is 12.6. The molecule has 2 aromatic carbocycles. The van der Waals surface area contributed by atoms with Crippen LogP contribution in [0.1, 0.15) is 18.1 Å². The van der Waals surface area contributed by atoms with Crippen LogP contribution in [0.2, 0.25) is 5.02 Å². The first kappa shape index (κ1) is 21.9. The van der Waals surface area contributed by atoms with Gasteiger partial charge in [0.2, 0.25) is 0 Å². The lowest BCUT2D eigenvalue weighted by molar-refractivity contribution is -0.122. The van der Waals surface area contributed by atoms with Gasteiger partial charge in [-0.15, -0.1) is 11.3 Å². The average molecular weight is 447 g/mol. The number of amides is 1. The Hall–Kier alpha value is -2.77. The average Bonchev–Trinajstić information content (AvgIpc) is 3.19. The molecule has 0 fully saturated rings. The molecule has 8 heteroatoms. The molecule has 6 nitrogen and oxygen atoms in total. The third kappa shape index (κ3) is 4.86. The molecule has 1 heterocycles. The van der Waals surface area contributed by atoms with Gasteiger partial charge in [0.05, 0.1) is 19.9 Å². The number of aryl methyl sites for hydroxylation is 2.